The molecule has 21 heavy (non-hydrogen) atoms. The Balaban J connectivity index is 1.74. The average molecular weight is 282 g/mol. The van der Waals surface area contributed by atoms with Crippen molar-refractivity contribution in [2.45, 2.75) is 44.9 Å². The maximum absolute atomic E-state index is 12.3. The maximum Gasteiger partial charge on any atom is 0.139 e. The van der Waals surface area contributed by atoms with E-state index in [2.05, 4.69) is 31.2 Å². The highest BCUT2D eigenvalue weighted by molar-refractivity contribution is 5.88. The molecule has 0 unspecified atom stereocenters. The fraction of sp³-hybridized carbons (Fsp3) is 0.526. The number of ketones is 1. The second-order valence-electron chi connectivity index (χ2n) is 7.00. The van der Waals surface area contributed by atoms with Gasteiger partial charge in [-0.2, -0.15) is 0 Å². The molecular formula is C19H22O2. The summed E-state index contributed by atoms with van der Waals surface area (Å²) in [6.07, 6.45) is 7.39. The normalized spacial score (nSPS) is 33.8. The van der Waals surface area contributed by atoms with Gasteiger partial charge in [-0.3, -0.25) is 4.79 Å². The van der Waals surface area contributed by atoms with Gasteiger partial charge in [0, 0.05) is 17.8 Å². The quantitative estimate of drug-likeness (QED) is 0.727. The van der Waals surface area contributed by atoms with Crippen molar-refractivity contribution in [3.63, 3.8) is 0 Å². The van der Waals surface area contributed by atoms with Gasteiger partial charge in [-0.05, 0) is 54.9 Å². The molecule has 2 heteroatoms. The standard InChI is InChI=1S/C19H22O2/c1-19-10-9-15-14-6-4-13(21-2)11-12(14)3-5-16(15)17(19)7-8-18(19)20/h4-6,11,15,17H,3,7-10H2,1-2H3/t15-,17-,19+/m1/s1. The molecule has 2 saturated carbocycles. The summed E-state index contributed by atoms with van der Waals surface area (Å²) in [5.74, 6) is 2.46. The van der Waals surface area contributed by atoms with Crippen LogP contribution >= 0.6 is 0 Å². The third kappa shape index (κ3) is 1.74. The molecule has 110 valence electrons. The molecule has 3 aliphatic rings. The first kappa shape index (κ1) is 13.1. The molecule has 0 radical (unpaired) electrons. The number of methoxy groups -OCH3 is 1. The minimum Gasteiger partial charge on any atom is -0.497 e. The SMILES string of the molecule is COc1ccc2c(c1)CC=C1[C@H]3CCC(=O)[C@@]3(C)CC[C@@H]12. The number of allylic oxidation sites excluding steroid dienone is 2. The summed E-state index contributed by atoms with van der Waals surface area (Å²) < 4.78 is 5.35. The van der Waals surface area contributed by atoms with E-state index in [4.69, 9.17) is 4.74 Å². The Labute approximate surface area is 126 Å². The lowest BCUT2D eigenvalue weighted by atomic mass is 9.60. The van der Waals surface area contributed by atoms with Gasteiger partial charge in [0.1, 0.15) is 11.5 Å². The summed E-state index contributed by atoms with van der Waals surface area (Å²) in [6.45, 7) is 2.20. The molecule has 0 spiro atoms. The van der Waals surface area contributed by atoms with Crippen molar-refractivity contribution in [2.24, 2.45) is 11.3 Å². The van der Waals surface area contributed by atoms with E-state index in [1.54, 1.807) is 12.7 Å². The van der Waals surface area contributed by atoms with E-state index in [0.29, 0.717) is 17.6 Å². The number of hydrogen-bond acceptors (Lipinski definition) is 2. The smallest absolute Gasteiger partial charge is 0.139 e. The van der Waals surface area contributed by atoms with Gasteiger partial charge in [-0.1, -0.05) is 24.6 Å². The Morgan fingerprint density at radius 3 is 2.95 bits per heavy atom. The summed E-state index contributed by atoms with van der Waals surface area (Å²) in [6, 6.07) is 6.50. The Morgan fingerprint density at radius 2 is 2.14 bits per heavy atom. The van der Waals surface area contributed by atoms with Crippen molar-refractivity contribution < 1.29 is 9.53 Å². The molecule has 2 nitrogen and oxygen atoms in total. The van der Waals surface area contributed by atoms with E-state index in [9.17, 15) is 4.79 Å². The van der Waals surface area contributed by atoms with Gasteiger partial charge < -0.3 is 4.74 Å². The molecule has 0 bridgehead atoms. The second kappa shape index (κ2) is 4.46. The molecule has 3 aliphatic carbocycles. The Hall–Kier alpha value is -1.57. The first-order chi connectivity index (χ1) is 10.1. The number of fused-ring (bicyclic) bond motifs is 5. The van der Waals surface area contributed by atoms with Crippen LogP contribution in [0.25, 0.3) is 0 Å². The van der Waals surface area contributed by atoms with Crippen molar-refractivity contribution in [3.8, 4) is 5.75 Å². The highest BCUT2D eigenvalue weighted by Crippen LogP contribution is 2.57. The first-order valence-corrected chi connectivity index (χ1v) is 8.03. The van der Waals surface area contributed by atoms with Crippen LogP contribution in [0.3, 0.4) is 0 Å². The minimum atomic E-state index is -0.0771. The third-order valence-electron chi connectivity index (χ3n) is 6.11. The topological polar surface area (TPSA) is 26.3 Å². The zero-order valence-corrected chi connectivity index (χ0v) is 12.8. The van der Waals surface area contributed by atoms with Crippen LogP contribution < -0.4 is 4.74 Å². The molecule has 0 saturated heterocycles. The first-order valence-electron chi connectivity index (χ1n) is 8.03. The van der Waals surface area contributed by atoms with Crippen LogP contribution in [0.1, 0.15) is 49.7 Å². The summed E-state index contributed by atoms with van der Waals surface area (Å²) in [7, 11) is 1.72. The lowest BCUT2D eigenvalue weighted by Crippen LogP contribution is -2.37. The molecule has 3 atom stereocenters. The van der Waals surface area contributed by atoms with E-state index in [-0.39, 0.29) is 5.41 Å². The number of ether oxygens (including phenoxy) is 1. The summed E-state index contributed by atoms with van der Waals surface area (Å²) in [5, 5.41) is 0. The van der Waals surface area contributed by atoms with E-state index < -0.39 is 0 Å². The zero-order chi connectivity index (χ0) is 14.6. The Bertz CT molecular complexity index is 643. The molecule has 0 heterocycles. The van der Waals surface area contributed by atoms with E-state index in [1.807, 2.05) is 0 Å². The van der Waals surface area contributed by atoms with Crippen molar-refractivity contribution in [2.75, 3.05) is 7.11 Å². The number of carbonyl (C=O) groups excluding carboxylic acids is 1. The van der Waals surface area contributed by atoms with Crippen LogP contribution in [0.4, 0.5) is 0 Å². The molecule has 0 N–H and O–H groups in total. The van der Waals surface area contributed by atoms with Crippen molar-refractivity contribution in [1.29, 1.82) is 0 Å². The Morgan fingerprint density at radius 1 is 1.29 bits per heavy atom. The van der Waals surface area contributed by atoms with Gasteiger partial charge in [0.25, 0.3) is 0 Å². The predicted octanol–water partition coefficient (Wildman–Crippen LogP) is 4.04. The lowest BCUT2D eigenvalue weighted by Gasteiger charge is -2.43. The molecule has 1 aromatic carbocycles. The van der Waals surface area contributed by atoms with Crippen LogP contribution in [0.2, 0.25) is 0 Å². The van der Waals surface area contributed by atoms with Crippen LogP contribution in [0, 0.1) is 11.3 Å². The zero-order valence-electron chi connectivity index (χ0n) is 12.8. The highest BCUT2D eigenvalue weighted by Gasteiger charge is 2.52. The summed E-state index contributed by atoms with van der Waals surface area (Å²) in [5.41, 5.74) is 4.34. The Kier molecular flexibility index (Phi) is 2.79. The molecule has 2 fully saturated rings. The van der Waals surface area contributed by atoms with Gasteiger partial charge in [0.2, 0.25) is 0 Å². The van der Waals surface area contributed by atoms with Crippen LogP contribution in [-0.4, -0.2) is 12.9 Å². The molecule has 1 aromatic rings. The predicted molar refractivity (Wildman–Crippen MR) is 82.6 cm³/mol. The fourth-order valence-corrected chi connectivity index (χ4v) is 4.85. The fourth-order valence-electron chi connectivity index (χ4n) is 4.85. The van der Waals surface area contributed by atoms with E-state index >= 15 is 0 Å². The molecular weight excluding hydrogens is 260 g/mol. The van der Waals surface area contributed by atoms with E-state index in [1.165, 1.54) is 11.1 Å². The number of benzene rings is 1. The van der Waals surface area contributed by atoms with Gasteiger partial charge in [0.15, 0.2) is 0 Å². The number of Topliss-reactive ketones (excluding diaryl/α,β-unsaturated/α-hetero) is 1. The molecule has 0 amide bonds. The van der Waals surface area contributed by atoms with Crippen molar-refractivity contribution in [1.82, 2.24) is 0 Å². The number of hydrogen-bond donors (Lipinski definition) is 0. The highest BCUT2D eigenvalue weighted by atomic mass is 16.5. The van der Waals surface area contributed by atoms with Crippen molar-refractivity contribution >= 4 is 5.78 Å². The van der Waals surface area contributed by atoms with Crippen LogP contribution in [0.5, 0.6) is 5.75 Å². The van der Waals surface area contributed by atoms with Gasteiger partial charge in [0.05, 0.1) is 7.11 Å². The van der Waals surface area contributed by atoms with Gasteiger partial charge in [-0.15, -0.1) is 0 Å². The molecule has 0 aromatic heterocycles. The minimum absolute atomic E-state index is 0.0771. The molecule has 4 rings (SSSR count). The molecule has 0 aliphatic heterocycles. The van der Waals surface area contributed by atoms with Crippen LogP contribution in [-0.2, 0) is 11.2 Å². The largest absolute Gasteiger partial charge is 0.497 e. The van der Waals surface area contributed by atoms with Gasteiger partial charge >= 0.3 is 0 Å². The average Bonchev–Trinajstić information content (AvgIpc) is 2.82. The van der Waals surface area contributed by atoms with Crippen LogP contribution in [0.15, 0.2) is 29.8 Å². The lowest BCUT2D eigenvalue weighted by molar-refractivity contribution is -0.126. The number of carbonyl (C=O) groups is 1. The monoisotopic (exact) mass is 282 g/mol. The maximum atomic E-state index is 12.3. The number of rotatable bonds is 1. The summed E-state index contributed by atoms with van der Waals surface area (Å²) in [4.78, 5) is 12.3. The van der Waals surface area contributed by atoms with Gasteiger partial charge in [-0.25, -0.2) is 0 Å². The van der Waals surface area contributed by atoms with E-state index in [0.717, 1.165) is 37.9 Å². The summed E-state index contributed by atoms with van der Waals surface area (Å²) >= 11 is 0. The third-order valence-corrected chi connectivity index (χ3v) is 6.11. The second-order valence-corrected chi connectivity index (χ2v) is 7.00. The van der Waals surface area contributed by atoms with Crippen molar-refractivity contribution in [3.05, 3.63) is 41.0 Å².